The molecule has 0 saturated carbocycles. The molecule has 0 fully saturated rings. The first-order valence-corrected chi connectivity index (χ1v) is 9.64. The number of Topliss-reactive ketones (excluding diaryl/α,β-unsaturated/α-hetero) is 1. The lowest BCUT2D eigenvalue weighted by Crippen LogP contribution is -2.16. The monoisotopic (exact) mass is 411 g/mol. The van der Waals surface area contributed by atoms with Crippen molar-refractivity contribution in [2.24, 2.45) is 0 Å². The van der Waals surface area contributed by atoms with Crippen molar-refractivity contribution in [3.63, 3.8) is 0 Å². The lowest BCUT2D eigenvalue weighted by atomic mass is 10.1. The number of thiophene rings is 1. The van der Waals surface area contributed by atoms with Crippen LogP contribution in [0, 0.1) is 0 Å². The number of carbonyl (C=O) groups excluding carboxylic acids is 1. The minimum atomic E-state index is -0.150. The molecule has 0 unspecified atom stereocenters. The first-order valence-electron chi connectivity index (χ1n) is 8.44. The highest BCUT2D eigenvalue weighted by atomic mass is 35.5. The van der Waals surface area contributed by atoms with Crippen LogP contribution in [0.15, 0.2) is 65.8 Å². The average Bonchev–Trinajstić information content (AvgIpc) is 3.36. The number of aromatic nitrogens is 5. The van der Waals surface area contributed by atoms with E-state index < -0.39 is 0 Å². The molecule has 0 atom stereocenters. The van der Waals surface area contributed by atoms with Gasteiger partial charge in [-0.1, -0.05) is 22.9 Å². The van der Waals surface area contributed by atoms with Crippen LogP contribution in [-0.4, -0.2) is 30.3 Å². The van der Waals surface area contributed by atoms with Crippen LogP contribution in [0.1, 0.15) is 21.8 Å². The minimum Gasteiger partial charge on any atom is -0.293 e. The summed E-state index contributed by atoms with van der Waals surface area (Å²) in [4.78, 5) is 29.0. The third kappa shape index (κ3) is 3.92. The fourth-order valence-corrected chi connectivity index (χ4v) is 3.65. The maximum Gasteiger partial charge on any atom is 0.256 e. The van der Waals surface area contributed by atoms with Crippen LogP contribution < -0.4 is 5.56 Å². The van der Waals surface area contributed by atoms with E-state index in [0.717, 1.165) is 0 Å². The van der Waals surface area contributed by atoms with Crippen molar-refractivity contribution >= 4 is 28.7 Å². The molecule has 4 rings (SSSR count). The Hall–Kier alpha value is -3.10. The fraction of sp³-hybridized carbons (Fsp3) is 0.105. The molecule has 7 nitrogen and oxygen atoms in total. The van der Waals surface area contributed by atoms with Crippen molar-refractivity contribution in [2.45, 2.75) is 12.8 Å². The predicted molar refractivity (Wildman–Crippen MR) is 107 cm³/mol. The van der Waals surface area contributed by atoms with Gasteiger partial charge in [-0.05, 0) is 30.3 Å². The summed E-state index contributed by atoms with van der Waals surface area (Å²) >= 11 is 7.14. The summed E-state index contributed by atoms with van der Waals surface area (Å²) in [6, 6.07) is 11.9. The molecule has 0 bridgehead atoms. The second-order valence-electron chi connectivity index (χ2n) is 5.96. The van der Waals surface area contributed by atoms with E-state index >= 15 is 0 Å². The largest absolute Gasteiger partial charge is 0.293 e. The second-order valence-corrected chi connectivity index (χ2v) is 7.68. The normalized spacial score (nSPS) is 10.9. The molecule has 0 aliphatic carbocycles. The summed E-state index contributed by atoms with van der Waals surface area (Å²) in [6.45, 7) is 0. The summed E-state index contributed by atoms with van der Waals surface area (Å²) in [7, 11) is 0. The van der Waals surface area contributed by atoms with Crippen molar-refractivity contribution < 1.29 is 4.79 Å². The molecule has 4 heterocycles. The Balaban J connectivity index is 1.45. The lowest BCUT2D eigenvalue weighted by molar-refractivity contribution is 0.0986. The quantitative estimate of drug-likeness (QED) is 0.454. The summed E-state index contributed by atoms with van der Waals surface area (Å²) < 4.78 is 3.65. The molecule has 0 N–H and O–H groups in total. The van der Waals surface area contributed by atoms with Crippen molar-refractivity contribution in [3.8, 4) is 11.5 Å². The van der Waals surface area contributed by atoms with E-state index in [2.05, 4.69) is 15.3 Å². The number of hydrogen-bond donors (Lipinski definition) is 0. The highest BCUT2D eigenvalue weighted by Gasteiger charge is 2.11. The number of hydrogen-bond acceptors (Lipinski definition) is 6. The molecule has 9 heteroatoms. The SMILES string of the molecule is O=C(CCc1cn(-c2ccc(-n3ccccc3=O)nc2)nn1)c1ccc(Cl)s1. The van der Waals surface area contributed by atoms with Crippen LogP contribution in [-0.2, 0) is 6.42 Å². The van der Waals surface area contributed by atoms with Gasteiger partial charge in [-0.2, -0.15) is 0 Å². The van der Waals surface area contributed by atoms with Gasteiger partial charge < -0.3 is 0 Å². The van der Waals surface area contributed by atoms with Gasteiger partial charge in [0.1, 0.15) is 5.82 Å². The molecule has 0 spiro atoms. The molecular weight excluding hydrogens is 398 g/mol. The summed E-state index contributed by atoms with van der Waals surface area (Å²) in [5.41, 5.74) is 1.27. The van der Waals surface area contributed by atoms with Gasteiger partial charge in [-0.15, -0.1) is 16.4 Å². The zero-order chi connectivity index (χ0) is 19.5. The molecule has 140 valence electrons. The van der Waals surface area contributed by atoms with Gasteiger partial charge in [-0.3, -0.25) is 14.2 Å². The Kier molecular flexibility index (Phi) is 5.14. The van der Waals surface area contributed by atoms with Crippen LogP contribution in [0.4, 0.5) is 0 Å². The topological polar surface area (TPSA) is 82.7 Å². The lowest BCUT2D eigenvalue weighted by Gasteiger charge is -2.05. The van der Waals surface area contributed by atoms with Gasteiger partial charge in [0.15, 0.2) is 5.78 Å². The molecule has 0 saturated heterocycles. The first kappa shape index (κ1) is 18.3. The highest BCUT2D eigenvalue weighted by molar-refractivity contribution is 7.18. The van der Waals surface area contributed by atoms with Crippen molar-refractivity contribution in [3.05, 3.63) is 86.3 Å². The van der Waals surface area contributed by atoms with E-state index in [1.807, 2.05) is 0 Å². The summed E-state index contributed by atoms with van der Waals surface area (Å²) in [5, 5.41) is 8.20. The zero-order valence-electron chi connectivity index (χ0n) is 14.5. The van der Waals surface area contributed by atoms with Crippen LogP contribution in [0.3, 0.4) is 0 Å². The van der Waals surface area contributed by atoms with Gasteiger partial charge in [0, 0.05) is 25.1 Å². The maximum atomic E-state index is 12.2. The van der Waals surface area contributed by atoms with Crippen molar-refractivity contribution in [1.82, 2.24) is 24.5 Å². The third-order valence-electron chi connectivity index (χ3n) is 4.06. The Morgan fingerprint density at radius 2 is 2.04 bits per heavy atom. The fourth-order valence-electron chi connectivity index (χ4n) is 2.64. The maximum absolute atomic E-state index is 12.2. The predicted octanol–water partition coefficient (Wildman–Crippen LogP) is 3.34. The number of aryl methyl sites for hydroxylation is 1. The van der Waals surface area contributed by atoms with Crippen LogP contribution in [0.2, 0.25) is 4.34 Å². The van der Waals surface area contributed by atoms with Crippen molar-refractivity contribution in [2.75, 3.05) is 0 Å². The van der Waals surface area contributed by atoms with E-state index in [4.69, 9.17) is 11.6 Å². The standard InChI is InChI=1S/C19H14ClN5O2S/c20-17-8-7-16(28-17)15(26)6-4-13-12-25(23-22-13)14-5-9-18(21-11-14)24-10-2-1-3-19(24)27/h1-3,5,7-12H,4,6H2. The number of carbonyl (C=O) groups is 1. The van der Waals surface area contributed by atoms with Crippen LogP contribution in [0.5, 0.6) is 0 Å². The number of rotatable bonds is 6. The molecule has 0 amide bonds. The van der Waals surface area contributed by atoms with Crippen molar-refractivity contribution in [1.29, 1.82) is 0 Å². The molecule has 4 aromatic heterocycles. The molecule has 4 aromatic rings. The minimum absolute atomic E-state index is 0.0331. The van der Waals surface area contributed by atoms with Gasteiger partial charge in [0.25, 0.3) is 5.56 Å². The summed E-state index contributed by atoms with van der Waals surface area (Å²) in [5.74, 6) is 0.556. The second kappa shape index (κ2) is 7.87. The molecule has 0 aromatic carbocycles. The Bertz CT molecular complexity index is 1180. The van der Waals surface area contributed by atoms with Gasteiger partial charge >= 0.3 is 0 Å². The van der Waals surface area contributed by atoms with Gasteiger partial charge in [-0.25, -0.2) is 9.67 Å². The smallest absolute Gasteiger partial charge is 0.256 e. The zero-order valence-corrected chi connectivity index (χ0v) is 16.1. The van der Waals surface area contributed by atoms with Gasteiger partial charge in [0.05, 0.1) is 33.0 Å². The Morgan fingerprint density at radius 3 is 2.75 bits per heavy atom. The Morgan fingerprint density at radius 1 is 1.14 bits per heavy atom. The number of halogens is 1. The first-order chi connectivity index (χ1) is 13.6. The molecule has 28 heavy (non-hydrogen) atoms. The molecule has 0 radical (unpaired) electrons. The molecule has 0 aliphatic heterocycles. The van der Waals surface area contributed by atoms with E-state index in [9.17, 15) is 9.59 Å². The Labute approximate surface area is 168 Å². The van der Waals surface area contributed by atoms with Crippen LogP contribution >= 0.6 is 22.9 Å². The molecular formula is C19H14ClN5O2S. The number of pyridine rings is 2. The number of ketones is 1. The van der Waals surface area contributed by atoms with Crippen LogP contribution in [0.25, 0.3) is 11.5 Å². The number of nitrogens with zero attached hydrogens (tertiary/aromatic N) is 5. The van der Waals surface area contributed by atoms with E-state index in [1.54, 1.807) is 59.7 Å². The van der Waals surface area contributed by atoms with E-state index in [-0.39, 0.29) is 11.3 Å². The molecule has 0 aliphatic rings. The average molecular weight is 412 g/mol. The van der Waals surface area contributed by atoms with E-state index in [1.165, 1.54) is 22.0 Å². The van der Waals surface area contributed by atoms with Gasteiger partial charge in [0.2, 0.25) is 0 Å². The third-order valence-corrected chi connectivity index (χ3v) is 5.34. The summed E-state index contributed by atoms with van der Waals surface area (Å²) in [6.07, 6.45) is 5.87. The van der Waals surface area contributed by atoms with E-state index in [0.29, 0.717) is 39.3 Å². The highest BCUT2D eigenvalue weighted by Crippen LogP contribution is 2.23.